The van der Waals surface area contributed by atoms with Gasteiger partial charge in [0.2, 0.25) is 0 Å². The number of ketones is 1. The van der Waals surface area contributed by atoms with Crippen LogP contribution in [-0.2, 0) is 0 Å². The number of amides is 1. The van der Waals surface area contributed by atoms with Gasteiger partial charge in [-0.25, -0.2) is 0 Å². The van der Waals surface area contributed by atoms with E-state index in [0.29, 0.717) is 12.1 Å². The molecule has 1 amide bonds. The van der Waals surface area contributed by atoms with E-state index in [-0.39, 0.29) is 29.0 Å². The molecule has 1 saturated heterocycles. The van der Waals surface area contributed by atoms with Gasteiger partial charge in [0.25, 0.3) is 5.91 Å². The average Bonchev–Trinajstić information content (AvgIpc) is 3.04. The van der Waals surface area contributed by atoms with Crippen molar-refractivity contribution in [3.63, 3.8) is 0 Å². The molecule has 1 fully saturated rings. The second-order valence-electron chi connectivity index (χ2n) is 6.36. The summed E-state index contributed by atoms with van der Waals surface area (Å²) in [6.07, 6.45) is 1.90. The Morgan fingerprint density at radius 1 is 1.12 bits per heavy atom. The van der Waals surface area contributed by atoms with Gasteiger partial charge >= 0.3 is 0 Å². The van der Waals surface area contributed by atoms with Crippen LogP contribution in [0.25, 0.3) is 0 Å². The maximum Gasteiger partial charge on any atom is 0.254 e. The van der Waals surface area contributed by atoms with Gasteiger partial charge in [-0.1, -0.05) is 29.8 Å². The van der Waals surface area contributed by atoms with Crippen molar-refractivity contribution in [2.75, 3.05) is 6.54 Å². The van der Waals surface area contributed by atoms with E-state index in [0.717, 1.165) is 18.4 Å². The third-order valence-electron chi connectivity index (χ3n) is 4.60. The van der Waals surface area contributed by atoms with Crippen LogP contribution in [0, 0.1) is 6.92 Å². The Morgan fingerprint density at radius 3 is 2.46 bits per heavy atom. The zero-order valence-corrected chi connectivity index (χ0v) is 14.0. The van der Waals surface area contributed by atoms with E-state index in [4.69, 9.17) is 0 Å². The van der Waals surface area contributed by atoms with Crippen molar-refractivity contribution in [2.45, 2.75) is 32.7 Å². The predicted octanol–water partition coefficient (Wildman–Crippen LogP) is 3.88. The highest BCUT2D eigenvalue weighted by Gasteiger charge is 2.30. The second kappa shape index (κ2) is 6.48. The fourth-order valence-corrected chi connectivity index (χ4v) is 3.27. The minimum absolute atomic E-state index is 0.0627. The van der Waals surface area contributed by atoms with Crippen LogP contribution in [0.5, 0.6) is 5.75 Å². The van der Waals surface area contributed by atoms with Crippen LogP contribution >= 0.6 is 0 Å². The highest BCUT2D eigenvalue weighted by atomic mass is 16.3. The van der Waals surface area contributed by atoms with Crippen LogP contribution in [0.15, 0.2) is 42.5 Å². The lowest BCUT2D eigenvalue weighted by Gasteiger charge is -2.25. The van der Waals surface area contributed by atoms with Gasteiger partial charge in [-0.2, -0.15) is 0 Å². The first-order valence-electron chi connectivity index (χ1n) is 8.19. The first kappa shape index (κ1) is 16.2. The molecule has 124 valence electrons. The quantitative estimate of drug-likeness (QED) is 0.872. The summed E-state index contributed by atoms with van der Waals surface area (Å²) in [5.74, 6) is -0.465. The summed E-state index contributed by atoms with van der Waals surface area (Å²) in [6, 6.07) is 12.8. The van der Waals surface area contributed by atoms with Crippen molar-refractivity contribution in [3.8, 4) is 5.75 Å². The van der Waals surface area contributed by atoms with Gasteiger partial charge in [-0.3, -0.25) is 9.59 Å². The Labute approximate surface area is 141 Å². The molecule has 0 bridgehead atoms. The monoisotopic (exact) mass is 323 g/mol. The summed E-state index contributed by atoms with van der Waals surface area (Å²) in [5, 5.41) is 9.98. The number of benzene rings is 2. The molecule has 1 N–H and O–H groups in total. The Hall–Kier alpha value is -2.62. The van der Waals surface area contributed by atoms with Gasteiger partial charge in [0.15, 0.2) is 5.78 Å². The molecule has 1 atom stereocenters. The summed E-state index contributed by atoms with van der Waals surface area (Å²) >= 11 is 0. The smallest absolute Gasteiger partial charge is 0.254 e. The molecule has 1 unspecified atom stereocenters. The molecule has 0 saturated carbocycles. The van der Waals surface area contributed by atoms with Crippen molar-refractivity contribution >= 4 is 11.7 Å². The molecular weight excluding hydrogens is 302 g/mol. The van der Waals surface area contributed by atoms with Crippen LogP contribution in [0.2, 0.25) is 0 Å². The van der Waals surface area contributed by atoms with E-state index in [9.17, 15) is 14.7 Å². The van der Waals surface area contributed by atoms with Gasteiger partial charge in [0.1, 0.15) is 5.75 Å². The van der Waals surface area contributed by atoms with E-state index in [2.05, 4.69) is 24.3 Å². The van der Waals surface area contributed by atoms with Crippen molar-refractivity contribution in [1.29, 1.82) is 0 Å². The first-order chi connectivity index (χ1) is 11.5. The highest BCUT2D eigenvalue weighted by molar-refractivity contribution is 6.00. The lowest BCUT2D eigenvalue weighted by molar-refractivity contribution is 0.0734. The van der Waals surface area contributed by atoms with Crippen molar-refractivity contribution in [3.05, 3.63) is 64.7 Å². The summed E-state index contributed by atoms with van der Waals surface area (Å²) in [5.41, 5.74) is 2.98. The van der Waals surface area contributed by atoms with Gasteiger partial charge in [-0.05, 0) is 50.5 Å². The summed E-state index contributed by atoms with van der Waals surface area (Å²) in [7, 11) is 0. The maximum atomic E-state index is 12.9. The van der Waals surface area contributed by atoms with Crippen LogP contribution in [0.3, 0.4) is 0 Å². The minimum atomic E-state index is -0.217. The largest absolute Gasteiger partial charge is 0.507 e. The molecule has 2 aromatic carbocycles. The number of nitrogens with zero attached hydrogens (tertiary/aromatic N) is 1. The molecule has 0 spiro atoms. The number of carbonyl (C=O) groups is 2. The Morgan fingerprint density at radius 2 is 1.83 bits per heavy atom. The van der Waals surface area contributed by atoms with Crippen LogP contribution in [-0.4, -0.2) is 28.2 Å². The third kappa shape index (κ3) is 3.04. The molecule has 3 rings (SSSR count). The normalized spacial score (nSPS) is 17.1. The number of rotatable bonds is 3. The number of phenols is 1. The number of Topliss-reactive ketones (excluding diaryl/α,β-unsaturated/α-hetero) is 1. The molecule has 0 aliphatic carbocycles. The van der Waals surface area contributed by atoms with Crippen molar-refractivity contribution in [2.24, 2.45) is 0 Å². The van der Waals surface area contributed by atoms with Crippen molar-refractivity contribution in [1.82, 2.24) is 4.90 Å². The van der Waals surface area contributed by atoms with Crippen LogP contribution < -0.4 is 0 Å². The molecule has 4 heteroatoms. The van der Waals surface area contributed by atoms with E-state index in [1.54, 1.807) is 6.07 Å². The Kier molecular flexibility index (Phi) is 4.38. The summed E-state index contributed by atoms with van der Waals surface area (Å²) in [4.78, 5) is 26.1. The number of carbonyl (C=O) groups excluding carboxylic acids is 2. The first-order valence-corrected chi connectivity index (χ1v) is 8.19. The third-order valence-corrected chi connectivity index (χ3v) is 4.60. The number of aromatic hydroxyl groups is 1. The molecule has 0 radical (unpaired) electrons. The predicted molar refractivity (Wildman–Crippen MR) is 92.3 cm³/mol. The molecule has 0 aromatic heterocycles. The molecule has 1 heterocycles. The van der Waals surface area contributed by atoms with Gasteiger partial charge in [0, 0.05) is 12.1 Å². The summed E-state index contributed by atoms with van der Waals surface area (Å²) in [6.45, 7) is 4.14. The number of likely N-dealkylation sites (tertiary alicyclic amines) is 1. The standard InChI is InChI=1S/C20H21NO3/c1-13-5-7-15(8-6-13)18-4-3-11-21(18)20(24)16-9-10-17(14(2)22)19(23)12-16/h5-10,12,18,23H,3-4,11H2,1-2H3. The number of phenolic OH excluding ortho intramolecular Hbond substituents is 1. The lowest BCUT2D eigenvalue weighted by Crippen LogP contribution is -2.30. The van der Waals surface area contributed by atoms with Gasteiger partial charge < -0.3 is 10.0 Å². The number of hydrogen-bond acceptors (Lipinski definition) is 3. The van der Waals surface area contributed by atoms with E-state index in [1.165, 1.54) is 24.6 Å². The van der Waals surface area contributed by atoms with E-state index < -0.39 is 0 Å². The molecule has 1 aliphatic rings. The highest BCUT2D eigenvalue weighted by Crippen LogP contribution is 2.33. The Balaban J connectivity index is 1.87. The zero-order chi connectivity index (χ0) is 17.3. The number of aryl methyl sites for hydroxylation is 1. The Bertz CT molecular complexity index is 780. The van der Waals surface area contributed by atoms with E-state index >= 15 is 0 Å². The fourth-order valence-electron chi connectivity index (χ4n) is 3.27. The summed E-state index contributed by atoms with van der Waals surface area (Å²) < 4.78 is 0. The molecular formula is C20H21NO3. The molecule has 1 aliphatic heterocycles. The maximum absolute atomic E-state index is 12.9. The fraction of sp³-hybridized carbons (Fsp3) is 0.300. The average molecular weight is 323 g/mol. The molecule has 4 nitrogen and oxygen atoms in total. The van der Waals surface area contributed by atoms with E-state index in [1.807, 2.05) is 11.8 Å². The number of hydrogen-bond donors (Lipinski definition) is 1. The topological polar surface area (TPSA) is 57.6 Å². The lowest BCUT2D eigenvalue weighted by atomic mass is 10.0. The van der Waals surface area contributed by atoms with Gasteiger partial charge in [-0.15, -0.1) is 0 Å². The zero-order valence-electron chi connectivity index (χ0n) is 14.0. The van der Waals surface area contributed by atoms with Crippen LogP contribution in [0.1, 0.15) is 57.7 Å². The second-order valence-corrected chi connectivity index (χ2v) is 6.36. The molecule has 2 aromatic rings. The minimum Gasteiger partial charge on any atom is -0.507 e. The van der Waals surface area contributed by atoms with Gasteiger partial charge in [0.05, 0.1) is 11.6 Å². The van der Waals surface area contributed by atoms with Crippen molar-refractivity contribution < 1.29 is 14.7 Å². The SMILES string of the molecule is CC(=O)c1ccc(C(=O)N2CCCC2c2ccc(C)cc2)cc1O. The van der Waals surface area contributed by atoms with Crippen LogP contribution in [0.4, 0.5) is 0 Å². The molecule has 24 heavy (non-hydrogen) atoms.